The molecule has 7 heteroatoms. The van der Waals surface area contributed by atoms with Gasteiger partial charge in [0.05, 0.1) is 18.7 Å². The third-order valence-electron chi connectivity index (χ3n) is 2.39. The maximum Gasteiger partial charge on any atom is 0.233 e. The van der Waals surface area contributed by atoms with Crippen molar-refractivity contribution in [1.29, 1.82) is 0 Å². The Morgan fingerprint density at radius 1 is 1.25 bits per heavy atom. The number of amides is 2. The van der Waals surface area contributed by atoms with Gasteiger partial charge >= 0.3 is 0 Å². The lowest BCUT2D eigenvalue weighted by Crippen LogP contribution is -2.30. The van der Waals surface area contributed by atoms with Crippen LogP contribution in [0.25, 0.3) is 0 Å². The maximum atomic E-state index is 11.6. The summed E-state index contributed by atoms with van der Waals surface area (Å²) in [6.07, 6.45) is -0.257. The van der Waals surface area contributed by atoms with E-state index in [2.05, 4.69) is 10.6 Å². The number of ether oxygens (including phenoxy) is 2. The van der Waals surface area contributed by atoms with Crippen molar-refractivity contribution in [2.45, 2.75) is 6.42 Å². The van der Waals surface area contributed by atoms with Crippen LogP contribution in [0.2, 0.25) is 5.02 Å². The lowest BCUT2D eigenvalue weighted by Gasteiger charge is -2.08. The molecule has 1 rings (SSSR count). The molecule has 0 saturated heterocycles. The second kappa shape index (κ2) is 8.39. The molecule has 2 amide bonds. The molecule has 0 fully saturated rings. The zero-order valence-electron chi connectivity index (χ0n) is 11.4. The van der Waals surface area contributed by atoms with Gasteiger partial charge in [-0.25, -0.2) is 0 Å². The predicted molar refractivity (Wildman–Crippen MR) is 76.1 cm³/mol. The van der Waals surface area contributed by atoms with E-state index in [1.165, 1.54) is 14.2 Å². The first-order valence-corrected chi connectivity index (χ1v) is 6.33. The molecule has 0 heterocycles. The Kier molecular flexibility index (Phi) is 6.83. The highest BCUT2D eigenvalue weighted by molar-refractivity contribution is 6.32. The molecule has 20 heavy (non-hydrogen) atoms. The van der Waals surface area contributed by atoms with E-state index in [9.17, 15) is 9.59 Å². The number of carbonyl (C=O) groups is 2. The van der Waals surface area contributed by atoms with E-state index in [4.69, 9.17) is 21.1 Å². The summed E-state index contributed by atoms with van der Waals surface area (Å²) < 4.78 is 9.79. The van der Waals surface area contributed by atoms with Crippen LogP contribution >= 0.6 is 11.6 Å². The SMILES string of the molecule is COCCNC(=O)CC(=O)Nc1ccc(OC)c(Cl)c1. The molecule has 2 N–H and O–H groups in total. The van der Waals surface area contributed by atoms with Gasteiger partial charge in [-0.2, -0.15) is 0 Å². The van der Waals surface area contributed by atoms with Crippen LogP contribution < -0.4 is 15.4 Å². The molecular weight excluding hydrogens is 284 g/mol. The zero-order valence-corrected chi connectivity index (χ0v) is 12.1. The second-order valence-electron chi connectivity index (χ2n) is 3.92. The van der Waals surface area contributed by atoms with Crippen LogP contribution in [0, 0.1) is 0 Å². The first-order chi connectivity index (χ1) is 9.56. The van der Waals surface area contributed by atoms with E-state index in [-0.39, 0.29) is 12.3 Å². The van der Waals surface area contributed by atoms with E-state index < -0.39 is 5.91 Å². The summed E-state index contributed by atoms with van der Waals surface area (Å²) in [5.41, 5.74) is 0.505. The number of hydrogen-bond donors (Lipinski definition) is 2. The molecule has 0 aliphatic carbocycles. The smallest absolute Gasteiger partial charge is 0.233 e. The summed E-state index contributed by atoms with van der Waals surface area (Å²) in [6.45, 7) is 0.776. The molecule has 0 bridgehead atoms. The number of halogens is 1. The van der Waals surface area contributed by atoms with Gasteiger partial charge in [-0.3, -0.25) is 9.59 Å². The van der Waals surface area contributed by atoms with Crippen LogP contribution in [0.1, 0.15) is 6.42 Å². The summed E-state index contributed by atoms with van der Waals surface area (Å²) in [5.74, 6) is -0.262. The standard InChI is InChI=1S/C13H17ClN2O4/c1-19-6-5-15-12(17)8-13(18)16-9-3-4-11(20-2)10(14)7-9/h3-4,7H,5-6,8H2,1-2H3,(H,15,17)(H,16,18). The van der Waals surface area contributed by atoms with Gasteiger partial charge in [-0.05, 0) is 18.2 Å². The van der Waals surface area contributed by atoms with Gasteiger partial charge in [0, 0.05) is 19.3 Å². The normalized spacial score (nSPS) is 9.95. The van der Waals surface area contributed by atoms with E-state index in [0.717, 1.165) is 0 Å². The number of methoxy groups -OCH3 is 2. The van der Waals surface area contributed by atoms with Crippen molar-refractivity contribution in [1.82, 2.24) is 5.32 Å². The van der Waals surface area contributed by atoms with Crippen molar-refractivity contribution in [3.05, 3.63) is 23.2 Å². The Labute approximate surface area is 122 Å². The van der Waals surface area contributed by atoms with Gasteiger partial charge < -0.3 is 20.1 Å². The van der Waals surface area contributed by atoms with E-state index in [1.54, 1.807) is 18.2 Å². The number of anilines is 1. The highest BCUT2D eigenvalue weighted by Crippen LogP contribution is 2.27. The third kappa shape index (κ3) is 5.46. The fourth-order valence-electron chi connectivity index (χ4n) is 1.45. The molecule has 0 saturated carbocycles. The van der Waals surface area contributed by atoms with Gasteiger partial charge in [0.1, 0.15) is 12.2 Å². The molecule has 0 aliphatic rings. The number of hydrogen-bond acceptors (Lipinski definition) is 4. The molecule has 0 aromatic heterocycles. The summed E-state index contributed by atoms with van der Waals surface area (Å²) in [7, 11) is 3.04. The van der Waals surface area contributed by atoms with Crippen LogP contribution in [0.5, 0.6) is 5.75 Å². The van der Waals surface area contributed by atoms with Crippen molar-refractivity contribution in [2.75, 3.05) is 32.7 Å². The first-order valence-electron chi connectivity index (χ1n) is 5.96. The van der Waals surface area contributed by atoms with Crippen molar-refractivity contribution >= 4 is 29.1 Å². The number of benzene rings is 1. The molecule has 0 radical (unpaired) electrons. The van der Waals surface area contributed by atoms with Crippen molar-refractivity contribution in [2.24, 2.45) is 0 Å². The summed E-state index contributed by atoms with van der Waals surface area (Å²) in [6, 6.07) is 4.84. The minimum Gasteiger partial charge on any atom is -0.495 e. The Morgan fingerprint density at radius 2 is 2.00 bits per heavy atom. The molecule has 1 aromatic rings. The molecule has 0 unspecified atom stereocenters. The quantitative estimate of drug-likeness (QED) is 0.590. The lowest BCUT2D eigenvalue weighted by molar-refractivity contribution is -0.126. The van der Waals surface area contributed by atoms with Crippen molar-refractivity contribution in [3.63, 3.8) is 0 Å². The monoisotopic (exact) mass is 300 g/mol. The predicted octanol–water partition coefficient (Wildman–Crippen LogP) is 1.44. The summed E-state index contributed by atoms with van der Waals surface area (Å²) >= 11 is 5.93. The van der Waals surface area contributed by atoms with Gasteiger partial charge in [0.2, 0.25) is 11.8 Å². The second-order valence-corrected chi connectivity index (χ2v) is 4.32. The number of nitrogens with one attached hydrogen (secondary N) is 2. The van der Waals surface area contributed by atoms with Gasteiger partial charge in [-0.15, -0.1) is 0 Å². The Hall–Kier alpha value is -1.79. The Morgan fingerprint density at radius 3 is 2.60 bits per heavy atom. The summed E-state index contributed by atoms with van der Waals surface area (Å²) in [4.78, 5) is 23.1. The Bertz CT molecular complexity index is 479. The maximum absolute atomic E-state index is 11.6. The first kappa shape index (κ1) is 16.3. The fourth-order valence-corrected chi connectivity index (χ4v) is 1.71. The minimum absolute atomic E-state index is 0.257. The Balaban J connectivity index is 2.46. The van der Waals surface area contributed by atoms with Crippen LogP contribution in [0.4, 0.5) is 5.69 Å². The molecule has 6 nitrogen and oxygen atoms in total. The largest absolute Gasteiger partial charge is 0.495 e. The molecule has 110 valence electrons. The molecule has 0 atom stereocenters. The van der Waals surface area contributed by atoms with E-state index in [0.29, 0.717) is 29.6 Å². The van der Waals surface area contributed by atoms with Gasteiger partial charge in [-0.1, -0.05) is 11.6 Å². The topological polar surface area (TPSA) is 76.7 Å². The highest BCUT2D eigenvalue weighted by Gasteiger charge is 2.10. The van der Waals surface area contributed by atoms with Crippen molar-refractivity contribution < 1.29 is 19.1 Å². The van der Waals surface area contributed by atoms with E-state index in [1.807, 2.05) is 0 Å². The number of carbonyl (C=O) groups excluding carboxylic acids is 2. The molecule has 0 aliphatic heterocycles. The van der Waals surface area contributed by atoms with E-state index >= 15 is 0 Å². The average molecular weight is 301 g/mol. The molecule has 0 spiro atoms. The van der Waals surface area contributed by atoms with Gasteiger partial charge in [0.15, 0.2) is 0 Å². The zero-order chi connectivity index (χ0) is 15.0. The lowest BCUT2D eigenvalue weighted by atomic mass is 10.3. The van der Waals surface area contributed by atoms with Crippen LogP contribution in [-0.2, 0) is 14.3 Å². The van der Waals surface area contributed by atoms with Crippen molar-refractivity contribution in [3.8, 4) is 5.75 Å². The average Bonchev–Trinajstić information content (AvgIpc) is 2.39. The third-order valence-corrected chi connectivity index (χ3v) is 2.68. The number of rotatable bonds is 7. The van der Waals surface area contributed by atoms with Crippen LogP contribution in [0.15, 0.2) is 18.2 Å². The summed E-state index contributed by atoms with van der Waals surface area (Å²) in [5, 5.41) is 5.53. The van der Waals surface area contributed by atoms with Gasteiger partial charge in [0.25, 0.3) is 0 Å². The highest BCUT2D eigenvalue weighted by atomic mass is 35.5. The molecular formula is C13H17ClN2O4. The van der Waals surface area contributed by atoms with Crippen LogP contribution in [0.3, 0.4) is 0 Å². The fraction of sp³-hybridized carbons (Fsp3) is 0.385. The minimum atomic E-state index is -0.416. The van der Waals surface area contributed by atoms with Crippen LogP contribution in [-0.4, -0.2) is 39.2 Å². The molecule has 1 aromatic carbocycles.